The zero-order valence-corrected chi connectivity index (χ0v) is 16.9. The number of aromatic nitrogens is 3. The zero-order chi connectivity index (χ0) is 19.6. The van der Waals surface area contributed by atoms with Crippen molar-refractivity contribution in [2.75, 3.05) is 33.2 Å². The van der Waals surface area contributed by atoms with Gasteiger partial charge in [0.25, 0.3) is 5.89 Å². The second-order valence-corrected chi connectivity index (χ2v) is 7.00. The predicted molar refractivity (Wildman–Crippen MR) is 110 cm³/mol. The summed E-state index contributed by atoms with van der Waals surface area (Å²) in [5.41, 5.74) is 0.690. The average Bonchev–Trinajstić information content (AvgIpc) is 3.22. The van der Waals surface area contributed by atoms with Gasteiger partial charge in [0.05, 0.1) is 0 Å². The number of hydrogen-bond donors (Lipinski definition) is 2. The van der Waals surface area contributed by atoms with Crippen molar-refractivity contribution < 1.29 is 4.52 Å². The van der Waals surface area contributed by atoms with Crippen LogP contribution in [0.5, 0.6) is 0 Å². The molecule has 1 atom stereocenters. The van der Waals surface area contributed by atoms with Crippen molar-refractivity contribution in [3.63, 3.8) is 0 Å². The Morgan fingerprint density at radius 1 is 1.29 bits per heavy atom. The topological polar surface area (TPSA) is 91.5 Å². The molecule has 2 N–H and O–H groups in total. The minimum atomic E-state index is 0.449. The summed E-state index contributed by atoms with van der Waals surface area (Å²) in [6, 6.07) is 6.34. The van der Waals surface area contributed by atoms with E-state index in [0.29, 0.717) is 30.4 Å². The van der Waals surface area contributed by atoms with Gasteiger partial charge in [-0.05, 0) is 37.9 Å². The molecular formula is C20H31N7O. The molecule has 0 bridgehead atoms. The van der Waals surface area contributed by atoms with Crippen molar-refractivity contribution in [2.24, 2.45) is 4.99 Å². The van der Waals surface area contributed by atoms with E-state index in [9.17, 15) is 0 Å². The van der Waals surface area contributed by atoms with Gasteiger partial charge in [-0.2, -0.15) is 4.98 Å². The number of nitrogens with zero attached hydrogens (tertiary/aromatic N) is 5. The number of aliphatic imine (C=N–C) groups is 1. The third-order valence-corrected chi connectivity index (χ3v) is 5.13. The van der Waals surface area contributed by atoms with Gasteiger partial charge in [0.2, 0.25) is 0 Å². The van der Waals surface area contributed by atoms with Crippen LogP contribution in [0.3, 0.4) is 0 Å². The number of piperidine rings is 1. The van der Waals surface area contributed by atoms with E-state index in [2.05, 4.69) is 42.6 Å². The first-order valence-corrected chi connectivity index (χ1v) is 10.2. The van der Waals surface area contributed by atoms with Crippen molar-refractivity contribution in [1.29, 1.82) is 0 Å². The van der Waals surface area contributed by atoms with Gasteiger partial charge in [-0.3, -0.25) is 14.9 Å². The lowest BCUT2D eigenvalue weighted by Crippen LogP contribution is -2.46. The predicted octanol–water partition coefficient (Wildman–Crippen LogP) is 2.10. The molecule has 8 heteroatoms. The molecule has 1 unspecified atom stereocenters. The second-order valence-electron chi connectivity index (χ2n) is 7.00. The Balaban J connectivity index is 1.38. The van der Waals surface area contributed by atoms with Gasteiger partial charge in [0.15, 0.2) is 11.8 Å². The first-order valence-electron chi connectivity index (χ1n) is 10.2. The van der Waals surface area contributed by atoms with Gasteiger partial charge in [-0.15, -0.1) is 0 Å². The van der Waals surface area contributed by atoms with Crippen LogP contribution in [0.2, 0.25) is 0 Å². The van der Waals surface area contributed by atoms with Crippen LogP contribution in [0.4, 0.5) is 0 Å². The molecule has 8 nitrogen and oxygen atoms in total. The molecule has 0 aliphatic carbocycles. The highest BCUT2D eigenvalue weighted by molar-refractivity contribution is 5.79. The molecule has 1 fully saturated rings. The fourth-order valence-electron chi connectivity index (χ4n) is 3.60. The zero-order valence-electron chi connectivity index (χ0n) is 16.9. The fourth-order valence-corrected chi connectivity index (χ4v) is 3.60. The summed E-state index contributed by atoms with van der Waals surface area (Å²) < 4.78 is 5.28. The van der Waals surface area contributed by atoms with Gasteiger partial charge in [-0.1, -0.05) is 24.6 Å². The highest BCUT2D eigenvalue weighted by atomic mass is 16.5. The molecule has 1 saturated heterocycles. The van der Waals surface area contributed by atoms with Crippen LogP contribution in [0, 0.1) is 0 Å². The van der Waals surface area contributed by atoms with Crippen molar-refractivity contribution in [3.8, 4) is 11.6 Å². The van der Waals surface area contributed by atoms with E-state index in [1.54, 1.807) is 13.2 Å². The Labute approximate surface area is 166 Å². The van der Waals surface area contributed by atoms with Crippen molar-refractivity contribution in [2.45, 2.75) is 45.1 Å². The molecule has 3 rings (SSSR count). The summed E-state index contributed by atoms with van der Waals surface area (Å²) in [7, 11) is 1.79. The third kappa shape index (κ3) is 5.76. The first-order chi connectivity index (χ1) is 13.8. The number of likely N-dealkylation sites (tertiary alicyclic amines) is 1. The standard InChI is InChI=1S/C20H31N7O/c1-3-16-8-5-7-14-27(16)15-13-24-20(21-2)23-12-10-18-25-19(28-26-18)17-9-4-6-11-22-17/h4,6,9,11,16H,3,5,7-8,10,12-15H2,1-2H3,(H2,21,23,24). The number of hydrogen-bond acceptors (Lipinski definition) is 6. The number of guanidine groups is 1. The van der Waals surface area contributed by atoms with E-state index in [1.807, 2.05) is 18.2 Å². The Hall–Kier alpha value is -2.48. The summed E-state index contributed by atoms with van der Waals surface area (Å²) in [6.07, 6.45) is 7.61. The summed E-state index contributed by atoms with van der Waals surface area (Å²) in [5.74, 6) is 1.91. The molecule has 2 aromatic heterocycles. The van der Waals surface area contributed by atoms with Crippen molar-refractivity contribution in [1.82, 2.24) is 30.7 Å². The largest absolute Gasteiger partial charge is 0.356 e. The molecule has 0 amide bonds. The summed E-state index contributed by atoms with van der Waals surface area (Å²) >= 11 is 0. The molecule has 1 aliphatic rings. The minimum Gasteiger partial charge on any atom is -0.356 e. The molecule has 28 heavy (non-hydrogen) atoms. The van der Waals surface area contributed by atoms with Gasteiger partial charge < -0.3 is 15.2 Å². The van der Waals surface area contributed by atoms with E-state index in [0.717, 1.165) is 25.1 Å². The van der Waals surface area contributed by atoms with Crippen LogP contribution in [0.15, 0.2) is 33.9 Å². The van der Waals surface area contributed by atoms with Crippen molar-refractivity contribution in [3.05, 3.63) is 30.2 Å². The minimum absolute atomic E-state index is 0.449. The Kier molecular flexibility index (Phi) is 7.78. The van der Waals surface area contributed by atoms with E-state index < -0.39 is 0 Å². The molecule has 2 aromatic rings. The maximum absolute atomic E-state index is 5.28. The second kappa shape index (κ2) is 10.8. The molecule has 0 saturated carbocycles. The van der Waals surface area contributed by atoms with Crippen LogP contribution in [0.25, 0.3) is 11.6 Å². The monoisotopic (exact) mass is 385 g/mol. The fraction of sp³-hybridized carbons (Fsp3) is 0.600. The normalized spacial score (nSPS) is 18.2. The number of rotatable bonds is 8. The van der Waals surface area contributed by atoms with E-state index in [1.165, 1.54) is 32.2 Å². The Morgan fingerprint density at radius 2 is 2.18 bits per heavy atom. The molecule has 1 aliphatic heterocycles. The summed E-state index contributed by atoms with van der Waals surface area (Å²) in [5, 5.41) is 10.7. The van der Waals surface area contributed by atoms with E-state index in [4.69, 9.17) is 4.52 Å². The van der Waals surface area contributed by atoms with Gasteiger partial charge >= 0.3 is 0 Å². The average molecular weight is 386 g/mol. The molecule has 0 radical (unpaired) electrons. The van der Waals surface area contributed by atoms with Crippen LogP contribution >= 0.6 is 0 Å². The Morgan fingerprint density at radius 3 is 2.96 bits per heavy atom. The molecular weight excluding hydrogens is 354 g/mol. The maximum Gasteiger partial charge on any atom is 0.276 e. The summed E-state index contributed by atoms with van der Waals surface area (Å²) in [6.45, 7) is 6.12. The highest BCUT2D eigenvalue weighted by Crippen LogP contribution is 2.18. The third-order valence-electron chi connectivity index (χ3n) is 5.13. The SMILES string of the molecule is CCC1CCCCN1CCNC(=NC)NCCc1noc(-c2ccccn2)n1. The Bertz CT molecular complexity index is 731. The first kappa shape index (κ1) is 20.3. The maximum atomic E-state index is 5.28. The van der Waals surface area contributed by atoms with Gasteiger partial charge in [0, 0.05) is 45.3 Å². The highest BCUT2D eigenvalue weighted by Gasteiger charge is 2.20. The lowest BCUT2D eigenvalue weighted by Gasteiger charge is -2.35. The quantitative estimate of drug-likeness (QED) is 0.531. The number of pyridine rings is 1. The number of nitrogens with one attached hydrogen (secondary N) is 2. The smallest absolute Gasteiger partial charge is 0.276 e. The van der Waals surface area contributed by atoms with Crippen LogP contribution < -0.4 is 10.6 Å². The molecule has 0 spiro atoms. The van der Waals surface area contributed by atoms with Gasteiger partial charge in [0.1, 0.15) is 5.69 Å². The molecule has 0 aromatic carbocycles. The molecule has 3 heterocycles. The van der Waals surface area contributed by atoms with Crippen LogP contribution in [-0.2, 0) is 6.42 Å². The van der Waals surface area contributed by atoms with Gasteiger partial charge in [-0.25, -0.2) is 0 Å². The summed E-state index contributed by atoms with van der Waals surface area (Å²) in [4.78, 5) is 15.5. The van der Waals surface area contributed by atoms with E-state index >= 15 is 0 Å². The van der Waals surface area contributed by atoms with E-state index in [-0.39, 0.29) is 0 Å². The lowest BCUT2D eigenvalue weighted by molar-refractivity contribution is 0.147. The molecule has 152 valence electrons. The lowest BCUT2D eigenvalue weighted by atomic mass is 10.0. The van der Waals surface area contributed by atoms with Crippen LogP contribution in [0.1, 0.15) is 38.4 Å². The van der Waals surface area contributed by atoms with Crippen molar-refractivity contribution >= 4 is 5.96 Å². The van der Waals surface area contributed by atoms with Crippen LogP contribution in [-0.4, -0.2) is 65.3 Å².